The fourth-order valence-electron chi connectivity index (χ4n) is 2.04. The van der Waals surface area contributed by atoms with Crippen molar-refractivity contribution in [2.45, 2.75) is 19.8 Å². The summed E-state index contributed by atoms with van der Waals surface area (Å²) in [6.45, 7) is 3.07. The first-order valence-corrected chi connectivity index (χ1v) is 6.61. The number of nitrogens with zero attached hydrogens (tertiary/aromatic N) is 1. The quantitative estimate of drug-likeness (QED) is 0.887. The first-order chi connectivity index (χ1) is 8.66. The number of benzene rings is 1. The summed E-state index contributed by atoms with van der Waals surface area (Å²) < 4.78 is 0. The number of allylic oxidation sites excluding steroid dienone is 2. The number of hydrogen-bond donors (Lipinski definition) is 1. The number of rotatable bonds is 3. The molecule has 1 aliphatic rings. The highest BCUT2D eigenvalue weighted by Gasteiger charge is 2.08. The van der Waals surface area contributed by atoms with Gasteiger partial charge < -0.3 is 10.2 Å². The molecule has 1 N–H and O–H groups in total. The Morgan fingerprint density at radius 2 is 2.22 bits per heavy atom. The molecule has 0 aliphatic carbocycles. The van der Waals surface area contributed by atoms with Crippen LogP contribution in [0.2, 0.25) is 5.02 Å². The van der Waals surface area contributed by atoms with Crippen LogP contribution in [0.5, 0.6) is 0 Å². The van der Waals surface area contributed by atoms with Crippen molar-refractivity contribution in [3.8, 4) is 0 Å². The third-order valence-corrected chi connectivity index (χ3v) is 3.46. The third kappa shape index (κ3) is 3.30. The normalized spacial score (nSPS) is 15.3. The van der Waals surface area contributed by atoms with Crippen molar-refractivity contribution in [2.75, 3.05) is 18.5 Å². The summed E-state index contributed by atoms with van der Waals surface area (Å²) in [4.78, 5) is 2.21. The predicted octanol–water partition coefficient (Wildman–Crippen LogP) is 3.95. The van der Waals surface area contributed by atoms with Crippen molar-refractivity contribution in [3.63, 3.8) is 0 Å². The van der Waals surface area contributed by atoms with E-state index in [1.807, 2.05) is 24.4 Å². The number of hydrogen-bond acceptors (Lipinski definition) is 2. The highest BCUT2D eigenvalue weighted by molar-refractivity contribution is 6.30. The second kappa shape index (κ2) is 5.96. The topological polar surface area (TPSA) is 15.3 Å². The van der Waals surface area contributed by atoms with Crippen LogP contribution < -0.4 is 10.2 Å². The minimum absolute atomic E-state index is 0.777. The molecule has 1 aliphatic heterocycles. The summed E-state index contributed by atoms with van der Waals surface area (Å²) >= 11 is 6.02. The average Bonchev–Trinajstić information content (AvgIpc) is 2.55. The lowest BCUT2D eigenvalue weighted by Crippen LogP contribution is -2.25. The van der Waals surface area contributed by atoms with E-state index >= 15 is 0 Å². The van der Waals surface area contributed by atoms with Crippen LogP contribution in [-0.4, -0.2) is 13.6 Å². The van der Waals surface area contributed by atoms with E-state index in [9.17, 15) is 0 Å². The monoisotopic (exact) mass is 262 g/mol. The number of anilines is 1. The molecule has 96 valence electrons. The zero-order chi connectivity index (χ0) is 13.0. The Balaban J connectivity index is 2.11. The van der Waals surface area contributed by atoms with E-state index in [4.69, 9.17) is 11.6 Å². The van der Waals surface area contributed by atoms with Gasteiger partial charge in [-0.25, -0.2) is 0 Å². The van der Waals surface area contributed by atoms with Gasteiger partial charge in [0.2, 0.25) is 0 Å². The van der Waals surface area contributed by atoms with Crippen LogP contribution >= 0.6 is 11.6 Å². The number of nitrogens with one attached hydrogen (secondary N) is 1. The summed E-state index contributed by atoms with van der Waals surface area (Å²) in [5.74, 6) is 0. The summed E-state index contributed by atoms with van der Waals surface area (Å²) in [5.41, 5.74) is 3.85. The molecule has 0 amide bonds. The molecule has 0 radical (unpaired) electrons. The third-order valence-electron chi connectivity index (χ3n) is 3.22. The van der Waals surface area contributed by atoms with Gasteiger partial charge in [0, 0.05) is 23.5 Å². The molecule has 1 aromatic carbocycles. The van der Waals surface area contributed by atoms with Crippen molar-refractivity contribution in [3.05, 3.63) is 52.8 Å². The van der Waals surface area contributed by atoms with E-state index in [1.54, 1.807) is 0 Å². The maximum absolute atomic E-state index is 6.02. The molecule has 3 heteroatoms. The molecule has 0 fully saturated rings. The maximum Gasteiger partial charge on any atom is 0.0576 e. The van der Waals surface area contributed by atoms with Gasteiger partial charge in [-0.1, -0.05) is 29.3 Å². The van der Waals surface area contributed by atoms with Crippen molar-refractivity contribution in [1.82, 2.24) is 5.32 Å². The van der Waals surface area contributed by atoms with Crippen molar-refractivity contribution in [1.29, 1.82) is 0 Å². The molecule has 2 rings (SSSR count). The average molecular weight is 263 g/mol. The molecule has 0 atom stereocenters. The van der Waals surface area contributed by atoms with E-state index in [-0.39, 0.29) is 0 Å². The molecule has 18 heavy (non-hydrogen) atoms. The van der Waals surface area contributed by atoms with Gasteiger partial charge in [0.25, 0.3) is 0 Å². The Hall–Kier alpha value is -1.41. The lowest BCUT2D eigenvalue weighted by molar-refractivity contribution is 0.868. The first-order valence-electron chi connectivity index (χ1n) is 6.23. The van der Waals surface area contributed by atoms with Gasteiger partial charge in [-0.3, -0.25) is 0 Å². The van der Waals surface area contributed by atoms with Gasteiger partial charge in [-0.2, -0.15) is 0 Å². The van der Waals surface area contributed by atoms with E-state index in [1.165, 1.54) is 11.3 Å². The molecule has 0 saturated carbocycles. The SMILES string of the molecule is CC1=C(CN(C)c2cccc(Cl)c2)NC=CCC1. The Morgan fingerprint density at radius 3 is 3.00 bits per heavy atom. The summed E-state index contributed by atoms with van der Waals surface area (Å²) in [5, 5.41) is 4.15. The van der Waals surface area contributed by atoms with Gasteiger partial charge >= 0.3 is 0 Å². The molecule has 0 unspecified atom stereocenters. The molecular weight excluding hydrogens is 244 g/mol. The lowest BCUT2D eigenvalue weighted by Gasteiger charge is -2.22. The second-order valence-electron chi connectivity index (χ2n) is 4.68. The van der Waals surface area contributed by atoms with Crippen LogP contribution in [0.25, 0.3) is 0 Å². The molecule has 2 nitrogen and oxygen atoms in total. The molecule has 1 aromatic rings. The Morgan fingerprint density at radius 1 is 1.39 bits per heavy atom. The van der Waals surface area contributed by atoms with Gasteiger partial charge in [-0.05, 0) is 44.2 Å². The molecule has 0 saturated heterocycles. The Bertz CT molecular complexity index is 477. The molecule has 1 heterocycles. The van der Waals surface area contributed by atoms with Crippen molar-refractivity contribution in [2.24, 2.45) is 0 Å². The van der Waals surface area contributed by atoms with Crippen LogP contribution in [0.15, 0.2) is 47.8 Å². The van der Waals surface area contributed by atoms with E-state index in [2.05, 4.69) is 36.3 Å². The molecule has 0 spiro atoms. The minimum atomic E-state index is 0.777. The number of likely N-dealkylation sites (N-methyl/N-ethyl adjacent to an activating group) is 1. The molecule has 0 aromatic heterocycles. The van der Waals surface area contributed by atoms with Crippen molar-refractivity contribution >= 4 is 17.3 Å². The van der Waals surface area contributed by atoms with Gasteiger partial charge in [0.1, 0.15) is 0 Å². The fourth-order valence-corrected chi connectivity index (χ4v) is 2.22. The van der Waals surface area contributed by atoms with E-state index < -0.39 is 0 Å². The predicted molar refractivity (Wildman–Crippen MR) is 78.9 cm³/mol. The Labute approximate surface area is 114 Å². The van der Waals surface area contributed by atoms with Gasteiger partial charge in [-0.15, -0.1) is 0 Å². The molecular formula is C15H19ClN2. The van der Waals surface area contributed by atoms with Crippen LogP contribution in [0.4, 0.5) is 5.69 Å². The fraction of sp³-hybridized carbons (Fsp3) is 0.333. The van der Waals surface area contributed by atoms with E-state index in [0.29, 0.717) is 0 Å². The van der Waals surface area contributed by atoms with Crippen LogP contribution in [0.3, 0.4) is 0 Å². The minimum Gasteiger partial charge on any atom is -0.369 e. The zero-order valence-corrected chi connectivity index (χ0v) is 11.7. The highest BCUT2D eigenvalue weighted by Crippen LogP contribution is 2.20. The van der Waals surface area contributed by atoms with Gasteiger partial charge in [0.05, 0.1) is 6.54 Å². The van der Waals surface area contributed by atoms with E-state index in [0.717, 1.165) is 30.1 Å². The first kappa shape index (κ1) is 13.0. The summed E-state index contributed by atoms with van der Waals surface area (Å²) in [6, 6.07) is 7.95. The zero-order valence-electron chi connectivity index (χ0n) is 10.9. The molecule has 0 bridgehead atoms. The Kier molecular flexibility index (Phi) is 4.32. The standard InChI is InChI=1S/C15H19ClN2/c1-12-6-3-4-9-17-15(12)11-18(2)14-8-5-7-13(16)10-14/h4-5,7-10,17H,3,6,11H2,1-2H3. The second-order valence-corrected chi connectivity index (χ2v) is 5.12. The van der Waals surface area contributed by atoms with Crippen molar-refractivity contribution < 1.29 is 0 Å². The maximum atomic E-state index is 6.02. The van der Waals surface area contributed by atoms with Gasteiger partial charge in [0.15, 0.2) is 0 Å². The smallest absolute Gasteiger partial charge is 0.0576 e. The highest BCUT2D eigenvalue weighted by atomic mass is 35.5. The number of halogens is 1. The summed E-state index contributed by atoms with van der Waals surface area (Å²) in [6.07, 6.45) is 6.46. The van der Waals surface area contributed by atoms with Crippen LogP contribution in [0.1, 0.15) is 19.8 Å². The largest absolute Gasteiger partial charge is 0.369 e. The van der Waals surface area contributed by atoms with Crippen LogP contribution in [-0.2, 0) is 0 Å². The lowest BCUT2D eigenvalue weighted by atomic mass is 10.1. The van der Waals surface area contributed by atoms with Crippen LogP contribution in [0, 0.1) is 0 Å². The summed E-state index contributed by atoms with van der Waals surface area (Å²) in [7, 11) is 2.09.